The van der Waals surface area contributed by atoms with Gasteiger partial charge in [-0.3, -0.25) is 19.7 Å². The lowest BCUT2D eigenvalue weighted by atomic mass is 9.98. The van der Waals surface area contributed by atoms with Crippen molar-refractivity contribution in [2.75, 3.05) is 5.32 Å². The number of nitrogens with zero attached hydrogens (tertiary/aromatic N) is 5. The Balaban J connectivity index is 1.23. The molecule has 264 valence electrons. The van der Waals surface area contributed by atoms with Crippen molar-refractivity contribution in [3.63, 3.8) is 0 Å². The average molecular weight is 715 g/mol. The van der Waals surface area contributed by atoms with Gasteiger partial charge in [0.05, 0.1) is 18.8 Å². The molecule has 3 amide bonds. The number of nitrogens with one attached hydrogen (secondary N) is 3. The number of amides is 3. The van der Waals surface area contributed by atoms with Gasteiger partial charge in [-0.25, -0.2) is 14.6 Å². The van der Waals surface area contributed by atoms with E-state index < -0.39 is 53.3 Å². The molecule has 4 aromatic rings. The summed E-state index contributed by atoms with van der Waals surface area (Å²) in [6, 6.07) is 16.9. The normalized spacial score (nSPS) is 17.8. The Morgan fingerprint density at radius 2 is 1.76 bits per heavy atom. The number of β-lactam (4-membered cyclic amide) rings is 1. The Kier molecular flexibility index (Phi) is 9.90. The maximum atomic E-state index is 13.8. The number of thiazole rings is 1. The highest BCUT2D eigenvalue weighted by atomic mass is 32.1. The van der Waals surface area contributed by atoms with Crippen LogP contribution in [0.2, 0.25) is 0 Å². The number of carbonyl (C=O) groups excluding carboxylic acids is 5. The minimum absolute atomic E-state index is 0.000164. The fourth-order valence-corrected chi connectivity index (χ4v) is 5.69. The van der Waals surface area contributed by atoms with Crippen molar-refractivity contribution in [1.82, 2.24) is 30.6 Å². The summed E-state index contributed by atoms with van der Waals surface area (Å²) in [5.41, 5.74) is -0.977. The van der Waals surface area contributed by atoms with Crippen molar-refractivity contribution in [2.24, 2.45) is 5.16 Å². The number of carbonyl (C=O) groups is 5. The predicted octanol–water partition coefficient (Wildman–Crippen LogP) is 3.16. The first-order valence-electron chi connectivity index (χ1n) is 15.9. The molecule has 2 aromatic heterocycles. The Morgan fingerprint density at radius 1 is 1.10 bits per heavy atom. The van der Waals surface area contributed by atoms with Crippen molar-refractivity contribution in [2.45, 2.75) is 69.5 Å². The third-order valence-corrected chi connectivity index (χ3v) is 8.48. The van der Waals surface area contributed by atoms with E-state index in [1.807, 2.05) is 60.7 Å². The van der Waals surface area contributed by atoms with Crippen LogP contribution in [0.15, 0.2) is 77.4 Å². The molecular formula is C34H34N8O8S. The second-order valence-electron chi connectivity index (χ2n) is 12.8. The molecule has 0 spiro atoms. The lowest BCUT2D eigenvalue weighted by Crippen LogP contribution is -2.70. The summed E-state index contributed by atoms with van der Waals surface area (Å²) in [6.45, 7) is 5.19. The molecule has 1 saturated carbocycles. The topological polar surface area (TPSA) is 205 Å². The van der Waals surface area contributed by atoms with Crippen LogP contribution in [0, 0.1) is 0 Å². The Labute approximate surface area is 295 Å². The molecule has 2 fully saturated rings. The maximum Gasteiger partial charge on any atom is 0.413 e. The summed E-state index contributed by atoms with van der Waals surface area (Å²) in [4.78, 5) is 74.7. The summed E-state index contributed by atoms with van der Waals surface area (Å²) in [5, 5.41) is 21.5. The number of hydrogen-bond donors (Lipinski definition) is 3. The van der Waals surface area contributed by atoms with E-state index in [2.05, 4.69) is 36.3 Å². The van der Waals surface area contributed by atoms with E-state index in [0.717, 1.165) is 22.5 Å². The minimum Gasteiger partial charge on any atom is -0.450 e. The largest absolute Gasteiger partial charge is 0.450 e. The van der Waals surface area contributed by atoms with Crippen LogP contribution in [-0.2, 0) is 35.2 Å². The molecule has 6 rings (SSSR count). The highest BCUT2D eigenvalue weighted by molar-refractivity contribution is 7.14. The molecule has 2 aliphatic rings. The van der Waals surface area contributed by atoms with Gasteiger partial charge in [-0.05, 0) is 31.9 Å². The van der Waals surface area contributed by atoms with Gasteiger partial charge < -0.3 is 24.9 Å². The standard InChI is InChI=1S/C34H34N8O8S/c1-33(2,3)49-32(47)39-31-37-24(19-51-31)26(29(45)38-25-23(36-28(25)44)17-42-35-16-22(18-43)40-42)41-50-34(14-15-34)30(46)48-27(20-10-6-4-7-11-20)21-12-8-5-9-13-21/h4-13,16,18-19,23,25,27H,14-15,17H2,1-3H3,(H,36,44)(H,38,45)(H,37,39,47)/b41-26-/t23-,25+/m1/s1. The number of ether oxygens (including phenoxy) is 2. The molecule has 2 aromatic carbocycles. The minimum atomic E-state index is -1.47. The monoisotopic (exact) mass is 714 g/mol. The molecule has 3 N–H and O–H groups in total. The maximum absolute atomic E-state index is 13.8. The molecule has 3 heterocycles. The Morgan fingerprint density at radius 3 is 2.33 bits per heavy atom. The number of anilines is 1. The van der Waals surface area contributed by atoms with Gasteiger partial charge in [0.15, 0.2) is 23.2 Å². The zero-order chi connectivity index (χ0) is 36.2. The molecule has 0 bridgehead atoms. The summed E-state index contributed by atoms with van der Waals surface area (Å²) >= 11 is 0.996. The summed E-state index contributed by atoms with van der Waals surface area (Å²) in [7, 11) is 0. The van der Waals surface area contributed by atoms with Crippen molar-refractivity contribution in [3.8, 4) is 0 Å². The van der Waals surface area contributed by atoms with E-state index in [9.17, 15) is 24.0 Å². The van der Waals surface area contributed by atoms with Gasteiger partial charge in [0.1, 0.15) is 23.0 Å². The van der Waals surface area contributed by atoms with Crippen LogP contribution in [-0.4, -0.2) is 79.1 Å². The number of hydrogen-bond acceptors (Lipinski definition) is 13. The van der Waals surface area contributed by atoms with Crippen LogP contribution in [0.25, 0.3) is 0 Å². The van der Waals surface area contributed by atoms with Crippen LogP contribution >= 0.6 is 11.3 Å². The molecular weight excluding hydrogens is 680 g/mol. The van der Waals surface area contributed by atoms with Gasteiger partial charge >= 0.3 is 12.1 Å². The first-order chi connectivity index (χ1) is 24.4. The van der Waals surface area contributed by atoms with Crippen LogP contribution in [0.1, 0.15) is 67.0 Å². The zero-order valence-corrected chi connectivity index (χ0v) is 28.6. The fourth-order valence-electron chi connectivity index (χ4n) is 5.01. The van der Waals surface area contributed by atoms with Crippen LogP contribution in [0.5, 0.6) is 0 Å². The molecule has 1 aliphatic heterocycles. The van der Waals surface area contributed by atoms with Crippen molar-refractivity contribution in [1.29, 1.82) is 0 Å². The van der Waals surface area contributed by atoms with E-state index in [0.29, 0.717) is 6.29 Å². The van der Waals surface area contributed by atoms with Gasteiger partial charge in [-0.15, -0.1) is 11.3 Å². The molecule has 1 aliphatic carbocycles. The van der Waals surface area contributed by atoms with Crippen LogP contribution in [0.3, 0.4) is 0 Å². The average Bonchev–Trinajstić information content (AvgIpc) is 3.52. The molecule has 16 nitrogen and oxygen atoms in total. The van der Waals surface area contributed by atoms with Crippen LogP contribution in [0.4, 0.5) is 9.93 Å². The van der Waals surface area contributed by atoms with Crippen LogP contribution < -0.4 is 16.0 Å². The molecule has 0 unspecified atom stereocenters. The van der Waals surface area contributed by atoms with E-state index in [1.165, 1.54) is 16.4 Å². The second-order valence-corrected chi connectivity index (χ2v) is 13.7. The van der Waals surface area contributed by atoms with E-state index in [4.69, 9.17) is 14.3 Å². The number of rotatable bonds is 13. The number of aromatic nitrogens is 4. The SMILES string of the molecule is CC(C)(C)OC(=O)Nc1nc(/C(=N/OC2(C(=O)OC(c3ccccc3)c3ccccc3)CC2)C(=O)N[C@@H]2C(=O)N[C@@H]2Cn2ncc(C=O)n2)cs1. The first-order valence-corrected chi connectivity index (χ1v) is 16.8. The Hall–Kier alpha value is -5.97. The third-order valence-electron chi connectivity index (χ3n) is 7.72. The smallest absolute Gasteiger partial charge is 0.413 e. The van der Waals surface area contributed by atoms with Gasteiger partial charge in [-0.1, -0.05) is 65.8 Å². The van der Waals surface area contributed by atoms with Gasteiger partial charge in [0.25, 0.3) is 5.91 Å². The highest BCUT2D eigenvalue weighted by Crippen LogP contribution is 2.43. The number of esters is 1. The van der Waals surface area contributed by atoms with Crippen molar-refractivity contribution in [3.05, 3.63) is 94.8 Å². The van der Waals surface area contributed by atoms with E-state index >= 15 is 0 Å². The van der Waals surface area contributed by atoms with E-state index in [-0.39, 0.29) is 41.6 Å². The van der Waals surface area contributed by atoms with Gasteiger partial charge in [0, 0.05) is 18.2 Å². The third kappa shape index (κ3) is 8.43. The molecule has 51 heavy (non-hydrogen) atoms. The lowest BCUT2D eigenvalue weighted by Gasteiger charge is -2.36. The summed E-state index contributed by atoms with van der Waals surface area (Å²) in [6.07, 6.45) is 0.873. The lowest BCUT2D eigenvalue weighted by molar-refractivity contribution is -0.164. The van der Waals surface area contributed by atoms with Crippen molar-refractivity contribution >= 4 is 52.3 Å². The van der Waals surface area contributed by atoms with Gasteiger partial charge in [-0.2, -0.15) is 15.0 Å². The molecule has 1 saturated heterocycles. The van der Waals surface area contributed by atoms with E-state index in [1.54, 1.807) is 20.8 Å². The summed E-state index contributed by atoms with van der Waals surface area (Å²) in [5.74, 6) is -1.99. The molecule has 17 heteroatoms. The Bertz CT molecular complexity index is 1910. The summed E-state index contributed by atoms with van der Waals surface area (Å²) < 4.78 is 11.3. The molecule has 0 radical (unpaired) electrons. The first kappa shape index (κ1) is 34.9. The number of benzene rings is 2. The van der Waals surface area contributed by atoms with Crippen molar-refractivity contribution < 1.29 is 38.3 Å². The highest BCUT2D eigenvalue weighted by Gasteiger charge is 2.56. The predicted molar refractivity (Wildman–Crippen MR) is 182 cm³/mol. The number of oxime groups is 1. The fraction of sp³-hybridized carbons (Fsp3) is 0.324. The van der Waals surface area contributed by atoms with Gasteiger partial charge in [0.2, 0.25) is 11.5 Å². The molecule has 2 atom stereocenters. The zero-order valence-electron chi connectivity index (χ0n) is 27.8. The quantitative estimate of drug-likeness (QED) is 0.0603. The number of aldehydes is 1. The second kappa shape index (κ2) is 14.5.